The van der Waals surface area contributed by atoms with Crippen molar-refractivity contribution in [2.75, 3.05) is 17.2 Å². The van der Waals surface area contributed by atoms with Crippen LogP contribution in [0.5, 0.6) is 5.88 Å². The zero-order valence-corrected chi connectivity index (χ0v) is 14.7. The van der Waals surface area contributed by atoms with Crippen LogP contribution in [0.25, 0.3) is 0 Å². The average molecular weight is 358 g/mol. The number of ether oxygens (including phenoxy) is 1. The Kier molecular flexibility index (Phi) is 6.37. The van der Waals surface area contributed by atoms with E-state index in [-0.39, 0.29) is 17.9 Å². The van der Waals surface area contributed by atoms with Gasteiger partial charge in [0.15, 0.2) is 5.82 Å². The van der Waals surface area contributed by atoms with Crippen LogP contribution in [0.3, 0.4) is 0 Å². The Bertz CT molecular complexity index is 767. The number of rotatable bonds is 7. The van der Waals surface area contributed by atoms with Crippen LogP contribution in [0.15, 0.2) is 42.5 Å². The molecule has 0 radical (unpaired) electrons. The minimum absolute atomic E-state index is 0.192. The zero-order chi connectivity index (χ0) is 19.1. The Morgan fingerprint density at radius 3 is 2.50 bits per heavy atom. The van der Waals surface area contributed by atoms with Gasteiger partial charge in [0.05, 0.1) is 18.0 Å². The van der Waals surface area contributed by atoms with E-state index in [9.17, 15) is 9.59 Å². The fourth-order valence-corrected chi connectivity index (χ4v) is 2.42. The first kappa shape index (κ1) is 19.0. The number of hydrogen-bond donors (Lipinski definition) is 3. The third-order valence-electron chi connectivity index (χ3n) is 3.62. The second-order valence-electron chi connectivity index (χ2n) is 5.41. The van der Waals surface area contributed by atoms with E-state index in [2.05, 4.69) is 10.3 Å². The van der Waals surface area contributed by atoms with Gasteiger partial charge in [0, 0.05) is 6.07 Å². The van der Waals surface area contributed by atoms with E-state index in [4.69, 9.17) is 15.6 Å². The quantitative estimate of drug-likeness (QED) is 0.700. The minimum atomic E-state index is -1.28. The number of nitrogens with zero attached hydrogens (tertiary/aromatic N) is 2. The van der Waals surface area contributed by atoms with E-state index in [1.54, 1.807) is 43.3 Å². The molecule has 0 saturated heterocycles. The molecule has 1 aromatic heterocycles. The molecule has 0 aliphatic carbocycles. The van der Waals surface area contributed by atoms with Crippen molar-refractivity contribution in [2.45, 2.75) is 26.3 Å². The van der Waals surface area contributed by atoms with E-state index >= 15 is 0 Å². The summed E-state index contributed by atoms with van der Waals surface area (Å²) in [6, 6.07) is 11.1. The number of aromatic nitrogens is 1. The average Bonchev–Trinajstić information content (AvgIpc) is 2.63. The summed E-state index contributed by atoms with van der Waals surface area (Å²) in [7, 11) is 0. The Balaban J connectivity index is 2.53. The molecule has 2 amide bonds. The zero-order valence-electron chi connectivity index (χ0n) is 14.7. The normalized spacial score (nSPS) is 11.5. The first-order valence-electron chi connectivity index (χ1n) is 8.25. The van der Waals surface area contributed by atoms with Gasteiger partial charge in [-0.15, -0.1) is 0 Å². The van der Waals surface area contributed by atoms with Gasteiger partial charge >= 0.3 is 6.09 Å². The number of amides is 2. The molecule has 138 valence electrons. The van der Waals surface area contributed by atoms with Gasteiger partial charge in [0.1, 0.15) is 6.04 Å². The van der Waals surface area contributed by atoms with Crippen LogP contribution in [0.4, 0.5) is 22.0 Å². The summed E-state index contributed by atoms with van der Waals surface area (Å²) in [5.74, 6) is 0.0383. The Morgan fingerprint density at radius 2 is 1.92 bits per heavy atom. The van der Waals surface area contributed by atoms with E-state index in [1.165, 1.54) is 4.90 Å². The van der Waals surface area contributed by atoms with Crippen molar-refractivity contribution >= 4 is 29.2 Å². The van der Waals surface area contributed by atoms with Crippen LogP contribution in [-0.4, -0.2) is 34.7 Å². The number of anilines is 3. The minimum Gasteiger partial charge on any atom is -0.478 e. The third kappa shape index (κ3) is 4.41. The smallest absolute Gasteiger partial charge is 0.405 e. The number of carboxylic acid groups (broad SMARTS) is 1. The molecular formula is C18H22N4O4. The first-order valence-corrected chi connectivity index (χ1v) is 8.25. The second-order valence-corrected chi connectivity index (χ2v) is 5.41. The summed E-state index contributed by atoms with van der Waals surface area (Å²) in [4.78, 5) is 29.8. The van der Waals surface area contributed by atoms with Crippen LogP contribution in [-0.2, 0) is 4.79 Å². The number of nitrogens with two attached hydrogens (primary N) is 1. The number of nitrogens with one attached hydrogen (secondary N) is 1. The first-order chi connectivity index (χ1) is 12.5. The number of pyridine rings is 1. The van der Waals surface area contributed by atoms with Gasteiger partial charge in [-0.2, -0.15) is 4.98 Å². The third-order valence-corrected chi connectivity index (χ3v) is 3.62. The Hall–Kier alpha value is -3.29. The summed E-state index contributed by atoms with van der Waals surface area (Å²) in [5.41, 5.74) is 6.85. The maximum Gasteiger partial charge on any atom is 0.405 e. The lowest BCUT2D eigenvalue weighted by Crippen LogP contribution is -2.46. The molecular weight excluding hydrogens is 336 g/mol. The van der Waals surface area contributed by atoms with E-state index in [0.717, 1.165) is 0 Å². The molecule has 0 fully saturated rings. The van der Waals surface area contributed by atoms with E-state index < -0.39 is 18.0 Å². The lowest BCUT2D eigenvalue weighted by molar-refractivity contribution is -0.119. The molecule has 4 N–H and O–H groups in total. The molecule has 26 heavy (non-hydrogen) atoms. The lowest BCUT2D eigenvalue weighted by atomic mass is 10.1. The van der Waals surface area contributed by atoms with E-state index in [0.29, 0.717) is 18.2 Å². The fraction of sp³-hybridized carbons (Fsp3) is 0.278. The van der Waals surface area contributed by atoms with Crippen molar-refractivity contribution in [2.24, 2.45) is 0 Å². The van der Waals surface area contributed by atoms with Gasteiger partial charge < -0.3 is 20.9 Å². The number of benzene rings is 1. The Labute approximate surface area is 151 Å². The molecule has 0 saturated carbocycles. The molecule has 0 spiro atoms. The molecule has 8 heteroatoms. The Morgan fingerprint density at radius 1 is 1.23 bits per heavy atom. The summed E-state index contributed by atoms with van der Waals surface area (Å²) in [5, 5.41) is 11.2. The van der Waals surface area contributed by atoms with Crippen molar-refractivity contribution in [3.8, 4) is 5.88 Å². The monoisotopic (exact) mass is 358 g/mol. The van der Waals surface area contributed by atoms with Gasteiger partial charge in [-0.1, -0.05) is 25.1 Å². The molecule has 0 aliphatic rings. The highest BCUT2D eigenvalue weighted by molar-refractivity contribution is 6.05. The molecule has 0 aliphatic heterocycles. The molecule has 2 aromatic rings. The van der Waals surface area contributed by atoms with Gasteiger partial charge in [0.25, 0.3) is 5.91 Å². The van der Waals surface area contributed by atoms with Crippen molar-refractivity contribution in [1.82, 2.24) is 10.3 Å². The molecule has 0 bridgehead atoms. The predicted molar refractivity (Wildman–Crippen MR) is 98.6 cm³/mol. The highest BCUT2D eigenvalue weighted by Crippen LogP contribution is 2.31. The van der Waals surface area contributed by atoms with Crippen molar-refractivity contribution in [3.63, 3.8) is 0 Å². The van der Waals surface area contributed by atoms with Crippen LogP contribution in [0.1, 0.15) is 20.3 Å². The predicted octanol–water partition coefficient (Wildman–Crippen LogP) is 2.77. The van der Waals surface area contributed by atoms with Crippen LogP contribution >= 0.6 is 0 Å². The number of carbonyl (C=O) groups is 2. The molecule has 1 heterocycles. The van der Waals surface area contributed by atoms with Crippen molar-refractivity contribution < 1.29 is 19.4 Å². The highest BCUT2D eigenvalue weighted by Gasteiger charge is 2.29. The van der Waals surface area contributed by atoms with Gasteiger partial charge in [-0.25, -0.2) is 4.79 Å². The molecule has 1 unspecified atom stereocenters. The number of para-hydroxylation sites is 1. The molecule has 8 nitrogen and oxygen atoms in total. The standard InChI is InChI=1S/C18H22N4O4/c1-3-14(20-18(24)25)17(23)22(12-8-6-5-7-9-12)16-13(19)10-11-15(21-16)26-4-2/h5-11,14,20H,3-4,19H2,1-2H3,(H,24,25). The fourth-order valence-electron chi connectivity index (χ4n) is 2.42. The molecule has 1 atom stereocenters. The summed E-state index contributed by atoms with van der Waals surface area (Å²) >= 11 is 0. The largest absolute Gasteiger partial charge is 0.478 e. The van der Waals surface area contributed by atoms with Crippen LogP contribution < -0.4 is 20.7 Å². The maximum atomic E-state index is 13.1. The number of carbonyl (C=O) groups excluding carboxylic acids is 1. The number of hydrogen-bond acceptors (Lipinski definition) is 5. The SMILES string of the molecule is CCOc1ccc(N)c(N(C(=O)C(CC)NC(=O)O)c2ccccc2)n1. The molecule has 2 rings (SSSR count). The van der Waals surface area contributed by atoms with Crippen LogP contribution in [0.2, 0.25) is 0 Å². The second kappa shape index (κ2) is 8.70. The summed E-state index contributed by atoms with van der Waals surface area (Å²) < 4.78 is 5.40. The van der Waals surface area contributed by atoms with Crippen LogP contribution in [0, 0.1) is 0 Å². The molecule has 1 aromatic carbocycles. The number of nitrogen functional groups attached to an aromatic ring is 1. The summed E-state index contributed by atoms with van der Waals surface area (Å²) in [6.45, 7) is 3.95. The van der Waals surface area contributed by atoms with Crippen molar-refractivity contribution in [3.05, 3.63) is 42.5 Å². The van der Waals surface area contributed by atoms with Crippen molar-refractivity contribution in [1.29, 1.82) is 0 Å². The summed E-state index contributed by atoms with van der Waals surface area (Å²) in [6.07, 6.45) is -0.998. The van der Waals surface area contributed by atoms with E-state index in [1.807, 2.05) is 13.0 Å². The topological polar surface area (TPSA) is 118 Å². The van der Waals surface area contributed by atoms with Gasteiger partial charge in [0.2, 0.25) is 5.88 Å². The highest BCUT2D eigenvalue weighted by atomic mass is 16.5. The lowest BCUT2D eigenvalue weighted by Gasteiger charge is -2.27. The van der Waals surface area contributed by atoms with Gasteiger partial charge in [-0.3, -0.25) is 9.69 Å². The maximum absolute atomic E-state index is 13.1. The van der Waals surface area contributed by atoms with Gasteiger partial charge in [-0.05, 0) is 31.5 Å².